The highest BCUT2D eigenvalue weighted by Crippen LogP contribution is 2.21. The molecule has 0 radical (unpaired) electrons. The van der Waals surface area contributed by atoms with Crippen LogP contribution in [0.15, 0.2) is 28.9 Å². The highest BCUT2D eigenvalue weighted by Gasteiger charge is 2.19. The van der Waals surface area contributed by atoms with Gasteiger partial charge in [-0.2, -0.15) is 0 Å². The first kappa shape index (κ1) is 15.8. The minimum absolute atomic E-state index is 0.0960. The highest BCUT2D eigenvalue weighted by molar-refractivity contribution is 5.94. The number of rotatable bonds is 5. The fourth-order valence-corrected chi connectivity index (χ4v) is 2.08. The number of pyridine rings is 1. The second-order valence-corrected chi connectivity index (χ2v) is 4.84. The van der Waals surface area contributed by atoms with Gasteiger partial charge in [0, 0.05) is 23.5 Å². The second kappa shape index (κ2) is 6.89. The Hall–Kier alpha value is -2.63. The van der Waals surface area contributed by atoms with Crippen LogP contribution in [-0.2, 0) is 4.74 Å². The number of esters is 1. The Kier molecular flexibility index (Phi) is 4.93. The van der Waals surface area contributed by atoms with Crippen molar-refractivity contribution in [2.75, 3.05) is 13.2 Å². The average Bonchev–Trinajstić information content (AvgIpc) is 2.77. The lowest BCUT2D eigenvalue weighted by Gasteiger charge is -2.07. The first-order valence-electron chi connectivity index (χ1n) is 6.92. The topological polar surface area (TPSA) is 81.4 Å². The molecule has 0 aromatic carbocycles. The van der Waals surface area contributed by atoms with Crippen LogP contribution >= 0.6 is 0 Å². The van der Waals surface area contributed by atoms with E-state index in [0.717, 1.165) is 5.56 Å². The molecule has 2 aromatic heterocycles. The molecular formula is C16H18N2O4. The van der Waals surface area contributed by atoms with Crippen LogP contribution in [0, 0.1) is 20.8 Å². The van der Waals surface area contributed by atoms with Crippen LogP contribution < -0.4 is 5.32 Å². The minimum Gasteiger partial charge on any atom is -0.465 e. The summed E-state index contributed by atoms with van der Waals surface area (Å²) in [5, 5.41) is 2.67. The molecule has 0 saturated heterocycles. The molecule has 2 rings (SSSR count). The molecule has 22 heavy (non-hydrogen) atoms. The summed E-state index contributed by atoms with van der Waals surface area (Å²) in [4.78, 5) is 27.6. The van der Waals surface area contributed by atoms with Gasteiger partial charge in [-0.1, -0.05) is 0 Å². The van der Waals surface area contributed by atoms with E-state index in [9.17, 15) is 9.59 Å². The number of carbonyl (C=O) groups is 2. The number of furan rings is 1. The largest absolute Gasteiger partial charge is 0.465 e. The minimum atomic E-state index is -0.440. The van der Waals surface area contributed by atoms with Crippen LogP contribution in [0.25, 0.3) is 0 Å². The molecule has 0 unspecified atom stereocenters. The van der Waals surface area contributed by atoms with Gasteiger partial charge in [0.1, 0.15) is 23.7 Å². The monoisotopic (exact) mass is 302 g/mol. The number of aryl methyl sites for hydroxylation is 2. The molecule has 0 saturated carbocycles. The molecule has 0 aliphatic carbocycles. The van der Waals surface area contributed by atoms with Crippen molar-refractivity contribution in [2.24, 2.45) is 0 Å². The van der Waals surface area contributed by atoms with Gasteiger partial charge in [0.15, 0.2) is 0 Å². The van der Waals surface area contributed by atoms with E-state index >= 15 is 0 Å². The molecule has 1 amide bonds. The van der Waals surface area contributed by atoms with Gasteiger partial charge in [0.05, 0.1) is 6.54 Å². The standard InChI is InChI=1S/C16H18N2O4/c1-10-11(2)22-12(3)14(10)16(20)21-9-8-18-15(19)13-4-6-17-7-5-13/h4-7H,8-9H2,1-3H3,(H,18,19). The third-order valence-corrected chi connectivity index (χ3v) is 3.33. The Bertz CT molecular complexity index is 677. The average molecular weight is 302 g/mol. The SMILES string of the molecule is Cc1oc(C)c(C(=O)OCCNC(=O)c2ccncc2)c1C. The van der Waals surface area contributed by atoms with Crippen LogP contribution in [0.2, 0.25) is 0 Å². The highest BCUT2D eigenvalue weighted by atomic mass is 16.5. The van der Waals surface area contributed by atoms with Gasteiger partial charge < -0.3 is 14.5 Å². The summed E-state index contributed by atoms with van der Waals surface area (Å²) in [6.07, 6.45) is 3.09. The van der Waals surface area contributed by atoms with Crippen molar-refractivity contribution >= 4 is 11.9 Å². The van der Waals surface area contributed by atoms with Gasteiger partial charge in [-0.15, -0.1) is 0 Å². The predicted octanol–water partition coefficient (Wildman–Crippen LogP) is 2.19. The maximum atomic E-state index is 12.0. The molecule has 0 aliphatic rings. The molecular weight excluding hydrogens is 284 g/mol. The smallest absolute Gasteiger partial charge is 0.342 e. The number of aromatic nitrogens is 1. The molecule has 6 nitrogen and oxygen atoms in total. The number of nitrogens with one attached hydrogen (secondary N) is 1. The van der Waals surface area contributed by atoms with E-state index in [0.29, 0.717) is 22.6 Å². The zero-order valence-electron chi connectivity index (χ0n) is 12.8. The third kappa shape index (κ3) is 3.52. The Balaban J connectivity index is 1.82. The van der Waals surface area contributed by atoms with E-state index < -0.39 is 5.97 Å². The summed E-state index contributed by atoms with van der Waals surface area (Å²) >= 11 is 0. The lowest BCUT2D eigenvalue weighted by atomic mass is 10.1. The van der Waals surface area contributed by atoms with Crippen molar-refractivity contribution in [1.82, 2.24) is 10.3 Å². The molecule has 1 N–H and O–H groups in total. The van der Waals surface area contributed by atoms with Gasteiger partial charge in [-0.25, -0.2) is 4.79 Å². The van der Waals surface area contributed by atoms with Crippen molar-refractivity contribution in [1.29, 1.82) is 0 Å². The van der Waals surface area contributed by atoms with E-state index in [-0.39, 0.29) is 19.1 Å². The summed E-state index contributed by atoms with van der Waals surface area (Å²) in [7, 11) is 0. The van der Waals surface area contributed by atoms with E-state index in [1.54, 1.807) is 38.4 Å². The van der Waals surface area contributed by atoms with E-state index in [1.807, 2.05) is 6.92 Å². The van der Waals surface area contributed by atoms with Crippen molar-refractivity contribution in [3.8, 4) is 0 Å². The van der Waals surface area contributed by atoms with E-state index in [2.05, 4.69) is 10.3 Å². The van der Waals surface area contributed by atoms with Gasteiger partial charge in [-0.05, 0) is 32.9 Å². The molecule has 0 bridgehead atoms. The molecule has 0 atom stereocenters. The van der Waals surface area contributed by atoms with Crippen molar-refractivity contribution in [2.45, 2.75) is 20.8 Å². The summed E-state index contributed by atoms with van der Waals surface area (Å²) in [6.45, 7) is 5.67. The predicted molar refractivity (Wildman–Crippen MR) is 79.8 cm³/mol. The summed E-state index contributed by atoms with van der Waals surface area (Å²) in [6, 6.07) is 3.23. The Morgan fingerprint density at radius 3 is 2.45 bits per heavy atom. The molecule has 0 fully saturated rings. The number of ether oxygens (including phenoxy) is 1. The summed E-state index contributed by atoms with van der Waals surface area (Å²) in [5.41, 5.74) is 1.75. The molecule has 0 spiro atoms. The molecule has 0 aliphatic heterocycles. The van der Waals surface area contributed by atoms with Gasteiger partial charge in [0.25, 0.3) is 5.91 Å². The van der Waals surface area contributed by atoms with Crippen LogP contribution in [0.3, 0.4) is 0 Å². The van der Waals surface area contributed by atoms with Crippen LogP contribution in [0.4, 0.5) is 0 Å². The van der Waals surface area contributed by atoms with Crippen molar-refractivity contribution in [3.05, 3.63) is 52.7 Å². The number of hydrogen-bond acceptors (Lipinski definition) is 5. The number of nitrogens with zero attached hydrogens (tertiary/aromatic N) is 1. The molecule has 2 heterocycles. The Morgan fingerprint density at radius 1 is 1.18 bits per heavy atom. The van der Waals surface area contributed by atoms with Gasteiger partial charge in [-0.3, -0.25) is 9.78 Å². The first-order chi connectivity index (χ1) is 10.5. The van der Waals surface area contributed by atoms with Gasteiger partial charge in [0.2, 0.25) is 0 Å². The van der Waals surface area contributed by atoms with E-state index in [1.165, 1.54) is 0 Å². The van der Waals surface area contributed by atoms with E-state index in [4.69, 9.17) is 9.15 Å². The third-order valence-electron chi connectivity index (χ3n) is 3.33. The lowest BCUT2D eigenvalue weighted by molar-refractivity contribution is 0.0500. The number of carbonyl (C=O) groups excluding carboxylic acids is 2. The molecule has 6 heteroatoms. The molecule has 116 valence electrons. The number of hydrogen-bond donors (Lipinski definition) is 1. The maximum absolute atomic E-state index is 12.0. The van der Waals surface area contributed by atoms with Crippen molar-refractivity contribution in [3.63, 3.8) is 0 Å². The van der Waals surface area contributed by atoms with Crippen LogP contribution in [-0.4, -0.2) is 30.0 Å². The summed E-state index contributed by atoms with van der Waals surface area (Å²) < 4.78 is 10.6. The molecule has 2 aromatic rings. The fourth-order valence-electron chi connectivity index (χ4n) is 2.08. The van der Waals surface area contributed by atoms with Crippen molar-refractivity contribution < 1.29 is 18.7 Å². The zero-order valence-corrected chi connectivity index (χ0v) is 12.8. The Morgan fingerprint density at radius 2 is 1.86 bits per heavy atom. The quantitative estimate of drug-likeness (QED) is 0.676. The summed E-state index contributed by atoms with van der Waals surface area (Å²) in [5.74, 6) is 0.575. The van der Waals surface area contributed by atoms with Crippen LogP contribution in [0.1, 0.15) is 37.8 Å². The van der Waals surface area contributed by atoms with Gasteiger partial charge >= 0.3 is 5.97 Å². The number of amides is 1. The first-order valence-corrected chi connectivity index (χ1v) is 6.92. The second-order valence-electron chi connectivity index (χ2n) is 4.84. The zero-order chi connectivity index (χ0) is 16.1. The lowest BCUT2D eigenvalue weighted by Crippen LogP contribution is -2.28. The Labute approximate surface area is 128 Å². The van der Waals surface area contributed by atoms with Crippen LogP contribution in [0.5, 0.6) is 0 Å². The maximum Gasteiger partial charge on any atom is 0.342 e. The normalized spacial score (nSPS) is 10.3. The fraction of sp³-hybridized carbons (Fsp3) is 0.312.